The van der Waals surface area contributed by atoms with Crippen molar-refractivity contribution in [2.24, 2.45) is 0 Å². The lowest BCUT2D eigenvalue weighted by Crippen LogP contribution is -2.35. The molecular formula is C23H20N6O2. The monoisotopic (exact) mass is 412 g/mol. The van der Waals surface area contributed by atoms with Gasteiger partial charge in [0.2, 0.25) is 5.95 Å². The molecule has 2 aromatic heterocycles. The van der Waals surface area contributed by atoms with E-state index < -0.39 is 6.04 Å². The lowest BCUT2D eigenvalue weighted by molar-refractivity contribution is 0.0961. The molecule has 0 unspecified atom stereocenters. The van der Waals surface area contributed by atoms with Crippen LogP contribution in [-0.4, -0.2) is 32.8 Å². The number of para-hydroxylation sites is 1. The summed E-state index contributed by atoms with van der Waals surface area (Å²) >= 11 is 0. The molecule has 0 radical (unpaired) electrons. The van der Waals surface area contributed by atoms with Gasteiger partial charge in [-0.2, -0.15) is 10.1 Å². The number of methoxy groups -OCH3 is 1. The van der Waals surface area contributed by atoms with Crippen molar-refractivity contribution in [3.05, 3.63) is 89.6 Å². The van der Waals surface area contributed by atoms with Gasteiger partial charge in [-0.25, -0.2) is 9.67 Å². The van der Waals surface area contributed by atoms with Gasteiger partial charge in [-0.05, 0) is 31.2 Å². The second-order valence-corrected chi connectivity index (χ2v) is 7.18. The van der Waals surface area contributed by atoms with E-state index in [4.69, 9.17) is 9.72 Å². The van der Waals surface area contributed by atoms with E-state index in [0.29, 0.717) is 28.7 Å². The van der Waals surface area contributed by atoms with Crippen LogP contribution in [0.4, 0.5) is 5.95 Å². The Balaban J connectivity index is 1.62. The zero-order chi connectivity index (χ0) is 21.4. The maximum Gasteiger partial charge on any atom is 0.255 e. The van der Waals surface area contributed by atoms with Gasteiger partial charge in [0.25, 0.3) is 5.91 Å². The number of rotatable bonds is 4. The lowest BCUT2D eigenvalue weighted by Gasteiger charge is -2.29. The molecule has 8 heteroatoms. The number of carbonyl (C=O) groups excluding carboxylic acids is 1. The summed E-state index contributed by atoms with van der Waals surface area (Å²) in [5, 5.41) is 11.6. The maximum atomic E-state index is 12.9. The number of nitrogens with one attached hydrogen (secondary N) is 2. The third-order valence-electron chi connectivity index (χ3n) is 5.28. The van der Waals surface area contributed by atoms with Gasteiger partial charge in [-0.1, -0.05) is 36.4 Å². The molecule has 2 N–H and O–H groups in total. The SMILES string of the molecule is COc1cccc2ccc([C@@H]3C(NC(=O)c4ccccc4)=C(C)Nc4ncnn43)nc12. The Bertz CT molecular complexity index is 1310. The highest BCUT2D eigenvalue weighted by Gasteiger charge is 2.31. The van der Waals surface area contributed by atoms with Crippen LogP contribution in [0.15, 0.2) is 78.4 Å². The van der Waals surface area contributed by atoms with Crippen molar-refractivity contribution in [2.75, 3.05) is 12.4 Å². The van der Waals surface area contributed by atoms with E-state index in [1.165, 1.54) is 6.33 Å². The molecule has 3 heterocycles. The number of ether oxygens (including phenoxy) is 1. The van der Waals surface area contributed by atoms with Crippen LogP contribution in [0, 0.1) is 0 Å². The van der Waals surface area contributed by atoms with Crippen LogP contribution in [0.3, 0.4) is 0 Å². The van der Waals surface area contributed by atoms with Crippen LogP contribution >= 0.6 is 0 Å². The zero-order valence-corrected chi connectivity index (χ0v) is 17.0. The summed E-state index contributed by atoms with van der Waals surface area (Å²) in [5.41, 5.74) is 3.46. The molecule has 2 aromatic carbocycles. The Morgan fingerprint density at radius 1 is 1.10 bits per heavy atom. The van der Waals surface area contributed by atoms with Gasteiger partial charge >= 0.3 is 0 Å². The number of anilines is 1. The molecule has 0 fully saturated rings. The van der Waals surface area contributed by atoms with E-state index in [1.54, 1.807) is 23.9 Å². The molecule has 0 bridgehead atoms. The summed E-state index contributed by atoms with van der Waals surface area (Å²) in [6, 6.07) is 18.3. The molecule has 0 aliphatic carbocycles. The Hall–Kier alpha value is -4.20. The summed E-state index contributed by atoms with van der Waals surface area (Å²) in [4.78, 5) is 22.1. The highest BCUT2D eigenvalue weighted by Crippen LogP contribution is 2.34. The number of pyridine rings is 1. The molecule has 0 saturated heterocycles. The number of hydrogen-bond acceptors (Lipinski definition) is 6. The van der Waals surface area contributed by atoms with Crippen LogP contribution in [0.5, 0.6) is 5.75 Å². The molecule has 1 aliphatic heterocycles. The topological polar surface area (TPSA) is 94.0 Å². The number of hydrogen-bond donors (Lipinski definition) is 2. The fourth-order valence-electron chi connectivity index (χ4n) is 3.76. The first-order chi connectivity index (χ1) is 15.2. The second-order valence-electron chi connectivity index (χ2n) is 7.18. The van der Waals surface area contributed by atoms with Gasteiger partial charge < -0.3 is 15.4 Å². The van der Waals surface area contributed by atoms with Crippen molar-refractivity contribution in [1.29, 1.82) is 0 Å². The largest absolute Gasteiger partial charge is 0.494 e. The highest BCUT2D eigenvalue weighted by molar-refractivity contribution is 5.95. The van der Waals surface area contributed by atoms with Crippen LogP contribution in [0.25, 0.3) is 10.9 Å². The molecule has 0 saturated carbocycles. The Kier molecular flexibility index (Phi) is 4.59. The van der Waals surface area contributed by atoms with Gasteiger partial charge in [0.1, 0.15) is 23.6 Å². The summed E-state index contributed by atoms with van der Waals surface area (Å²) in [5.74, 6) is 1.06. The number of benzene rings is 2. The average Bonchev–Trinajstić information content (AvgIpc) is 3.27. The quantitative estimate of drug-likeness (QED) is 0.533. The highest BCUT2D eigenvalue weighted by atomic mass is 16.5. The second kappa shape index (κ2) is 7.56. The van der Waals surface area contributed by atoms with E-state index in [1.807, 2.05) is 55.5 Å². The first-order valence-electron chi connectivity index (χ1n) is 9.83. The van der Waals surface area contributed by atoms with Crippen molar-refractivity contribution in [3.63, 3.8) is 0 Å². The summed E-state index contributed by atoms with van der Waals surface area (Å²) in [6.45, 7) is 1.90. The first kappa shape index (κ1) is 18.8. The fraction of sp³-hybridized carbons (Fsp3) is 0.130. The molecule has 1 amide bonds. The fourth-order valence-corrected chi connectivity index (χ4v) is 3.76. The Labute approximate surface area is 178 Å². The molecule has 0 spiro atoms. The minimum atomic E-state index is -0.458. The van der Waals surface area contributed by atoms with E-state index in [0.717, 1.165) is 16.6 Å². The van der Waals surface area contributed by atoms with Crippen molar-refractivity contribution >= 4 is 22.8 Å². The molecule has 8 nitrogen and oxygen atoms in total. The first-order valence-corrected chi connectivity index (χ1v) is 9.83. The summed E-state index contributed by atoms with van der Waals surface area (Å²) < 4.78 is 7.22. The Morgan fingerprint density at radius 2 is 1.94 bits per heavy atom. The molecule has 31 heavy (non-hydrogen) atoms. The predicted molar refractivity (Wildman–Crippen MR) is 117 cm³/mol. The normalized spacial score (nSPS) is 15.4. The van der Waals surface area contributed by atoms with Gasteiger partial charge in [0, 0.05) is 16.6 Å². The van der Waals surface area contributed by atoms with E-state index in [-0.39, 0.29) is 5.91 Å². The van der Waals surface area contributed by atoms with E-state index in [9.17, 15) is 4.79 Å². The van der Waals surface area contributed by atoms with Crippen molar-refractivity contribution < 1.29 is 9.53 Å². The van der Waals surface area contributed by atoms with Crippen LogP contribution in [0.2, 0.25) is 0 Å². The molecule has 154 valence electrons. The zero-order valence-electron chi connectivity index (χ0n) is 17.0. The minimum absolute atomic E-state index is 0.205. The third-order valence-corrected chi connectivity index (χ3v) is 5.28. The van der Waals surface area contributed by atoms with Gasteiger partial charge in [0.05, 0.1) is 18.5 Å². The van der Waals surface area contributed by atoms with Gasteiger partial charge in [-0.15, -0.1) is 0 Å². The van der Waals surface area contributed by atoms with Crippen LogP contribution in [0.1, 0.15) is 29.0 Å². The molecular weight excluding hydrogens is 392 g/mol. The van der Waals surface area contributed by atoms with Gasteiger partial charge in [-0.3, -0.25) is 4.79 Å². The lowest BCUT2D eigenvalue weighted by atomic mass is 10.0. The number of aromatic nitrogens is 4. The summed E-state index contributed by atoms with van der Waals surface area (Å²) in [6.07, 6.45) is 1.48. The van der Waals surface area contributed by atoms with E-state index in [2.05, 4.69) is 20.7 Å². The molecule has 1 atom stereocenters. The minimum Gasteiger partial charge on any atom is -0.494 e. The number of fused-ring (bicyclic) bond motifs is 2. The Morgan fingerprint density at radius 3 is 2.74 bits per heavy atom. The molecule has 4 aromatic rings. The van der Waals surface area contributed by atoms with Crippen molar-refractivity contribution in [3.8, 4) is 5.75 Å². The summed E-state index contributed by atoms with van der Waals surface area (Å²) in [7, 11) is 1.62. The smallest absolute Gasteiger partial charge is 0.255 e. The molecule has 5 rings (SSSR count). The van der Waals surface area contributed by atoms with Crippen molar-refractivity contribution in [2.45, 2.75) is 13.0 Å². The number of allylic oxidation sites excluding steroid dienone is 2. The van der Waals surface area contributed by atoms with Crippen LogP contribution in [-0.2, 0) is 0 Å². The maximum absolute atomic E-state index is 12.9. The molecule has 1 aliphatic rings. The van der Waals surface area contributed by atoms with E-state index >= 15 is 0 Å². The number of amides is 1. The van der Waals surface area contributed by atoms with Crippen molar-refractivity contribution in [1.82, 2.24) is 25.1 Å². The van der Waals surface area contributed by atoms with Gasteiger partial charge in [0.15, 0.2) is 0 Å². The number of nitrogens with zero attached hydrogens (tertiary/aromatic N) is 4. The number of carbonyl (C=O) groups is 1. The predicted octanol–water partition coefficient (Wildman–Crippen LogP) is 3.51. The standard InChI is InChI=1S/C23H20N6O2/c1-14-19(28-22(30)16-7-4-3-5-8-16)21(29-23(26-14)24-13-25-29)17-12-11-15-9-6-10-18(31-2)20(15)27-17/h3-13,21H,1-2H3,(H,28,30)(H,24,25,26)/t21-/m1/s1. The van der Waals surface area contributed by atoms with Crippen LogP contribution < -0.4 is 15.4 Å². The third kappa shape index (κ3) is 3.28. The average molecular weight is 412 g/mol.